The molecular weight excluding hydrogens is 364 g/mol. The van der Waals surface area contributed by atoms with Gasteiger partial charge in [-0.05, 0) is 37.1 Å². The number of nitrogens with one attached hydrogen (secondary N) is 2. The zero-order chi connectivity index (χ0) is 18.8. The average molecular weight is 377 g/mol. The van der Waals surface area contributed by atoms with Gasteiger partial charge in [0.05, 0.1) is 9.85 Å². The van der Waals surface area contributed by atoms with Gasteiger partial charge in [-0.1, -0.05) is 11.6 Å². The topological polar surface area (TPSA) is 127 Å². The fourth-order valence-corrected chi connectivity index (χ4v) is 2.51. The first-order valence-electron chi connectivity index (χ1n) is 7.65. The highest BCUT2D eigenvalue weighted by atomic mass is 35.5. The quantitative estimate of drug-likeness (QED) is 0.579. The van der Waals surface area contributed by atoms with Crippen LogP contribution in [0.2, 0.25) is 5.02 Å². The van der Waals surface area contributed by atoms with E-state index < -0.39 is 15.8 Å². The predicted molar refractivity (Wildman–Crippen MR) is 95.8 cm³/mol. The number of nitro benzene ring substituents is 2. The summed E-state index contributed by atoms with van der Waals surface area (Å²) in [7, 11) is 0. The second-order valence-corrected chi connectivity index (χ2v) is 6.19. The van der Waals surface area contributed by atoms with Crippen molar-refractivity contribution in [2.24, 2.45) is 0 Å². The number of carbonyl (C=O) groups is 1. The third kappa shape index (κ3) is 3.89. The normalized spacial score (nSPS) is 13.1. The highest BCUT2D eigenvalue weighted by Gasteiger charge is 2.25. The van der Waals surface area contributed by atoms with Crippen molar-refractivity contribution in [3.8, 4) is 0 Å². The van der Waals surface area contributed by atoms with Gasteiger partial charge >= 0.3 is 0 Å². The number of amides is 1. The van der Waals surface area contributed by atoms with Gasteiger partial charge in [-0.2, -0.15) is 0 Å². The third-order valence-electron chi connectivity index (χ3n) is 3.79. The molecule has 0 bridgehead atoms. The molecule has 1 amide bonds. The second kappa shape index (κ2) is 6.96. The van der Waals surface area contributed by atoms with Crippen molar-refractivity contribution in [1.82, 2.24) is 0 Å². The first kappa shape index (κ1) is 17.6. The summed E-state index contributed by atoms with van der Waals surface area (Å²) in [6.07, 6.45) is 1.91. The molecule has 1 fully saturated rings. The highest BCUT2D eigenvalue weighted by Crippen LogP contribution is 2.32. The van der Waals surface area contributed by atoms with Crippen molar-refractivity contribution in [1.29, 1.82) is 0 Å². The van der Waals surface area contributed by atoms with E-state index in [1.165, 1.54) is 30.3 Å². The van der Waals surface area contributed by atoms with Crippen molar-refractivity contribution in [2.45, 2.75) is 18.9 Å². The molecule has 3 rings (SSSR count). The molecule has 134 valence electrons. The molecule has 0 atom stereocenters. The van der Waals surface area contributed by atoms with Crippen molar-refractivity contribution < 1.29 is 14.6 Å². The van der Waals surface area contributed by atoms with Crippen LogP contribution < -0.4 is 10.6 Å². The minimum atomic E-state index is -0.666. The monoisotopic (exact) mass is 376 g/mol. The van der Waals surface area contributed by atoms with Gasteiger partial charge in [0.1, 0.15) is 10.7 Å². The molecule has 1 saturated carbocycles. The first-order valence-corrected chi connectivity index (χ1v) is 8.03. The zero-order valence-corrected chi connectivity index (χ0v) is 14.0. The highest BCUT2D eigenvalue weighted by molar-refractivity contribution is 6.32. The number of halogens is 1. The summed E-state index contributed by atoms with van der Waals surface area (Å²) >= 11 is 5.73. The maximum atomic E-state index is 12.3. The van der Waals surface area contributed by atoms with Crippen LogP contribution in [0.1, 0.15) is 23.2 Å². The van der Waals surface area contributed by atoms with Crippen molar-refractivity contribution >= 4 is 40.3 Å². The average Bonchev–Trinajstić information content (AvgIpc) is 3.40. The van der Waals surface area contributed by atoms with Gasteiger partial charge < -0.3 is 10.6 Å². The van der Waals surface area contributed by atoms with Crippen molar-refractivity contribution in [3.63, 3.8) is 0 Å². The SMILES string of the molecule is O=C(Nc1ccc(Cl)c([N+](=O)[O-])c1)c1ccc(NC2CC2)c([N+](=O)[O-])c1. The summed E-state index contributed by atoms with van der Waals surface area (Å²) < 4.78 is 0. The Bertz CT molecular complexity index is 914. The van der Waals surface area contributed by atoms with E-state index in [1.807, 2.05) is 0 Å². The molecule has 0 aromatic heterocycles. The van der Waals surface area contributed by atoms with Crippen LogP contribution in [0.4, 0.5) is 22.7 Å². The Morgan fingerprint density at radius 2 is 1.73 bits per heavy atom. The van der Waals surface area contributed by atoms with Crippen LogP contribution in [0.15, 0.2) is 36.4 Å². The van der Waals surface area contributed by atoms with Gasteiger partial charge in [0.15, 0.2) is 0 Å². The molecular formula is C16H13ClN4O5. The van der Waals surface area contributed by atoms with Gasteiger partial charge in [-0.25, -0.2) is 0 Å². The van der Waals surface area contributed by atoms with Crippen LogP contribution in [0.25, 0.3) is 0 Å². The molecule has 0 heterocycles. The molecule has 0 radical (unpaired) electrons. The molecule has 10 heteroatoms. The molecule has 0 saturated heterocycles. The number of benzene rings is 2. The maximum absolute atomic E-state index is 12.3. The van der Waals surface area contributed by atoms with Gasteiger partial charge in [-0.3, -0.25) is 25.0 Å². The maximum Gasteiger partial charge on any atom is 0.293 e. The van der Waals surface area contributed by atoms with Crippen LogP contribution in [-0.4, -0.2) is 21.8 Å². The standard InChI is InChI=1S/C16H13ClN4O5/c17-12-5-4-11(8-14(12)20(23)24)19-16(22)9-1-6-13(18-10-2-3-10)15(7-9)21(25)26/h1,4-8,10,18H,2-3H2,(H,19,22). The molecule has 2 N–H and O–H groups in total. The Morgan fingerprint density at radius 3 is 2.35 bits per heavy atom. The lowest BCUT2D eigenvalue weighted by Crippen LogP contribution is -2.13. The largest absolute Gasteiger partial charge is 0.377 e. The summed E-state index contributed by atoms with van der Waals surface area (Å²) in [4.78, 5) is 33.3. The number of hydrogen-bond donors (Lipinski definition) is 2. The lowest BCUT2D eigenvalue weighted by molar-refractivity contribution is -0.384. The van der Waals surface area contributed by atoms with E-state index >= 15 is 0 Å². The molecule has 26 heavy (non-hydrogen) atoms. The third-order valence-corrected chi connectivity index (χ3v) is 4.11. The Balaban J connectivity index is 1.83. The number of nitrogens with zero attached hydrogens (tertiary/aromatic N) is 2. The molecule has 1 aliphatic carbocycles. The first-order chi connectivity index (χ1) is 12.3. The molecule has 0 spiro atoms. The van der Waals surface area contributed by atoms with Gasteiger partial charge in [0.2, 0.25) is 0 Å². The van der Waals surface area contributed by atoms with Crippen LogP contribution in [-0.2, 0) is 0 Å². The Labute approximate surface area is 152 Å². The fraction of sp³-hybridized carbons (Fsp3) is 0.188. The zero-order valence-electron chi connectivity index (χ0n) is 13.3. The summed E-state index contributed by atoms with van der Waals surface area (Å²) in [5.74, 6) is -0.623. The molecule has 1 aliphatic rings. The van der Waals surface area contributed by atoms with E-state index in [-0.39, 0.29) is 33.7 Å². The van der Waals surface area contributed by atoms with E-state index in [9.17, 15) is 25.0 Å². The number of hydrogen-bond acceptors (Lipinski definition) is 6. The van der Waals surface area contributed by atoms with Crippen LogP contribution in [0, 0.1) is 20.2 Å². The van der Waals surface area contributed by atoms with E-state index in [2.05, 4.69) is 10.6 Å². The van der Waals surface area contributed by atoms with Gasteiger partial charge in [-0.15, -0.1) is 0 Å². The number of anilines is 2. The van der Waals surface area contributed by atoms with E-state index in [4.69, 9.17) is 11.6 Å². The van der Waals surface area contributed by atoms with Gasteiger partial charge in [0.25, 0.3) is 17.3 Å². The molecule has 0 unspecified atom stereocenters. The minimum Gasteiger partial charge on any atom is -0.377 e. The van der Waals surface area contributed by atoms with Crippen LogP contribution in [0.3, 0.4) is 0 Å². The van der Waals surface area contributed by atoms with Crippen LogP contribution >= 0.6 is 11.6 Å². The summed E-state index contributed by atoms with van der Waals surface area (Å²) in [5, 5.41) is 27.6. The van der Waals surface area contributed by atoms with Crippen molar-refractivity contribution in [2.75, 3.05) is 10.6 Å². The number of carbonyl (C=O) groups excluding carboxylic acids is 1. The summed E-state index contributed by atoms with van der Waals surface area (Å²) in [5.41, 5.74) is 0.0341. The Kier molecular flexibility index (Phi) is 4.72. The lowest BCUT2D eigenvalue weighted by Gasteiger charge is -2.09. The summed E-state index contributed by atoms with van der Waals surface area (Å²) in [6, 6.07) is 8.16. The Hall–Kier alpha value is -3.20. The van der Waals surface area contributed by atoms with E-state index in [1.54, 1.807) is 0 Å². The number of nitro groups is 2. The lowest BCUT2D eigenvalue weighted by atomic mass is 10.1. The smallest absolute Gasteiger partial charge is 0.293 e. The second-order valence-electron chi connectivity index (χ2n) is 5.79. The number of rotatable bonds is 6. The Morgan fingerprint density at radius 1 is 1.04 bits per heavy atom. The molecule has 0 aliphatic heterocycles. The predicted octanol–water partition coefficient (Wildman–Crippen LogP) is 3.98. The molecule has 9 nitrogen and oxygen atoms in total. The fourth-order valence-electron chi connectivity index (χ4n) is 2.33. The summed E-state index contributed by atoms with van der Waals surface area (Å²) in [6.45, 7) is 0. The van der Waals surface area contributed by atoms with Gasteiger partial charge in [0, 0.05) is 29.4 Å². The van der Waals surface area contributed by atoms with Crippen molar-refractivity contribution in [3.05, 3.63) is 67.2 Å². The molecule has 2 aromatic rings. The van der Waals surface area contributed by atoms with Crippen LogP contribution in [0.5, 0.6) is 0 Å². The molecule has 2 aromatic carbocycles. The van der Waals surface area contributed by atoms with E-state index in [0.717, 1.165) is 18.9 Å². The van der Waals surface area contributed by atoms with E-state index in [0.29, 0.717) is 5.69 Å². The minimum absolute atomic E-state index is 0.0564.